The van der Waals surface area contributed by atoms with Gasteiger partial charge in [0.2, 0.25) is 10.0 Å². The summed E-state index contributed by atoms with van der Waals surface area (Å²) in [6.45, 7) is 2.65. The van der Waals surface area contributed by atoms with E-state index < -0.39 is 15.8 Å². The van der Waals surface area contributed by atoms with E-state index in [0.717, 1.165) is 0 Å². The molecule has 1 aromatic rings. The summed E-state index contributed by atoms with van der Waals surface area (Å²) in [5.41, 5.74) is 0.699. The summed E-state index contributed by atoms with van der Waals surface area (Å²) < 4.78 is 40.0. The van der Waals surface area contributed by atoms with Crippen LogP contribution in [0.2, 0.25) is 0 Å². The maximum absolute atomic E-state index is 13.6. The van der Waals surface area contributed by atoms with Crippen LogP contribution in [0.4, 0.5) is 4.39 Å². The molecule has 1 aliphatic rings. The van der Waals surface area contributed by atoms with Crippen molar-refractivity contribution in [3.63, 3.8) is 0 Å². The van der Waals surface area contributed by atoms with Gasteiger partial charge in [-0.3, -0.25) is 0 Å². The fourth-order valence-electron chi connectivity index (χ4n) is 1.96. The third-order valence-corrected chi connectivity index (χ3v) is 4.80. The number of nitrogens with zero attached hydrogens (tertiary/aromatic N) is 1. The molecule has 0 atom stereocenters. The highest BCUT2D eigenvalue weighted by Crippen LogP contribution is 2.24. The van der Waals surface area contributed by atoms with E-state index in [1.165, 1.54) is 25.0 Å². The monoisotopic (exact) mass is 286 g/mol. The number of sulfonamides is 1. The van der Waals surface area contributed by atoms with E-state index in [1.807, 2.05) is 7.05 Å². The zero-order valence-electron chi connectivity index (χ0n) is 11.2. The molecule has 0 saturated heterocycles. The standard InChI is InChI=1S/C13H19FN2O2S/c1-10-3-6-13(12(14)9-10)19(17,18)15-7-8-16(2)11-4-5-11/h3,6,9,11,15H,4-5,7-8H2,1-2H3. The molecule has 0 radical (unpaired) electrons. The lowest BCUT2D eigenvalue weighted by atomic mass is 10.2. The number of likely N-dealkylation sites (N-methyl/N-ethyl adjacent to an activating group) is 1. The van der Waals surface area contributed by atoms with Gasteiger partial charge in [0, 0.05) is 19.1 Å². The summed E-state index contributed by atoms with van der Waals surface area (Å²) in [7, 11) is -1.79. The van der Waals surface area contributed by atoms with E-state index in [4.69, 9.17) is 0 Å². The zero-order chi connectivity index (χ0) is 14.0. The van der Waals surface area contributed by atoms with Gasteiger partial charge in [-0.05, 0) is 44.5 Å². The molecule has 0 bridgehead atoms. The fourth-order valence-corrected chi connectivity index (χ4v) is 3.03. The first-order valence-electron chi connectivity index (χ1n) is 6.36. The van der Waals surface area contributed by atoms with Crippen molar-refractivity contribution in [2.45, 2.75) is 30.7 Å². The third kappa shape index (κ3) is 3.75. The maximum Gasteiger partial charge on any atom is 0.243 e. The van der Waals surface area contributed by atoms with Crippen molar-refractivity contribution in [2.24, 2.45) is 0 Å². The van der Waals surface area contributed by atoms with Crippen molar-refractivity contribution in [1.82, 2.24) is 9.62 Å². The van der Waals surface area contributed by atoms with E-state index in [9.17, 15) is 12.8 Å². The Balaban J connectivity index is 1.97. The van der Waals surface area contributed by atoms with Crippen LogP contribution in [-0.2, 0) is 10.0 Å². The van der Waals surface area contributed by atoms with Crippen molar-refractivity contribution in [1.29, 1.82) is 0 Å². The molecule has 0 spiro atoms. The van der Waals surface area contributed by atoms with Gasteiger partial charge in [-0.25, -0.2) is 17.5 Å². The van der Waals surface area contributed by atoms with Gasteiger partial charge >= 0.3 is 0 Å². The normalized spacial score (nSPS) is 16.0. The van der Waals surface area contributed by atoms with Gasteiger partial charge in [0.05, 0.1) is 0 Å². The molecule has 19 heavy (non-hydrogen) atoms. The Bertz CT molecular complexity index is 556. The first kappa shape index (κ1) is 14.4. The molecule has 1 aromatic carbocycles. The highest BCUT2D eigenvalue weighted by molar-refractivity contribution is 7.89. The number of benzene rings is 1. The van der Waals surface area contributed by atoms with E-state index in [1.54, 1.807) is 13.0 Å². The smallest absolute Gasteiger partial charge is 0.243 e. The Hall–Kier alpha value is -0.980. The topological polar surface area (TPSA) is 49.4 Å². The highest BCUT2D eigenvalue weighted by Gasteiger charge is 2.26. The Morgan fingerprint density at radius 1 is 1.42 bits per heavy atom. The predicted octanol–water partition coefficient (Wildman–Crippen LogP) is 1.51. The maximum atomic E-state index is 13.6. The average molecular weight is 286 g/mol. The molecule has 0 amide bonds. The van der Waals surface area contributed by atoms with Gasteiger partial charge in [-0.1, -0.05) is 6.07 Å². The molecule has 0 aliphatic heterocycles. The van der Waals surface area contributed by atoms with Gasteiger partial charge in [-0.15, -0.1) is 0 Å². The number of nitrogens with one attached hydrogen (secondary N) is 1. The Kier molecular flexibility index (Phi) is 4.23. The van der Waals surface area contributed by atoms with Crippen molar-refractivity contribution < 1.29 is 12.8 Å². The molecule has 2 rings (SSSR count). The molecule has 0 heterocycles. The second-order valence-corrected chi connectivity index (χ2v) is 6.78. The molecule has 6 heteroatoms. The molecular formula is C13H19FN2O2S. The third-order valence-electron chi connectivity index (χ3n) is 3.30. The van der Waals surface area contributed by atoms with Crippen molar-refractivity contribution >= 4 is 10.0 Å². The summed E-state index contributed by atoms with van der Waals surface area (Å²) in [6.07, 6.45) is 2.35. The second-order valence-electron chi connectivity index (χ2n) is 5.04. The van der Waals surface area contributed by atoms with Crippen molar-refractivity contribution in [3.05, 3.63) is 29.6 Å². The van der Waals surface area contributed by atoms with Crippen LogP contribution < -0.4 is 4.72 Å². The largest absolute Gasteiger partial charge is 0.302 e. The molecule has 106 valence electrons. The Morgan fingerprint density at radius 3 is 2.68 bits per heavy atom. The van der Waals surface area contributed by atoms with Gasteiger partial charge in [0.15, 0.2) is 0 Å². The lowest BCUT2D eigenvalue weighted by Crippen LogP contribution is -2.34. The number of halogens is 1. The van der Waals surface area contributed by atoms with Crippen molar-refractivity contribution in [3.8, 4) is 0 Å². The minimum atomic E-state index is -3.76. The van der Waals surface area contributed by atoms with E-state index >= 15 is 0 Å². The van der Waals surface area contributed by atoms with Crippen molar-refractivity contribution in [2.75, 3.05) is 20.1 Å². The van der Waals surface area contributed by atoms with Crippen LogP contribution in [0.15, 0.2) is 23.1 Å². The van der Waals surface area contributed by atoms with Gasteiger partial charge in [0.1, 0.15) is 10.7 Å². The Morgan fingerprint density at radius 2 is 2.11 bits per heavy atom. The number of aryl methyl sites for hydroxylation is 1. The van der Waals surface area contributed by atoms with Crippen LogP contribution in [0.1, 0.15) is 18.4 Å². The zero-order valence-corrected chi connectivity index (χ0v) is 12.0. The van der Waals surface area contributed by atoms with E-state index in [-0.39, 0.29) is 4.90 Å². The quantitative estimate of drug-likeness (QED) is 0.862. The fraction of sp³-hybridized carbons (Fsp3) is 0.538. The molecule has 4 nitrogen and oxygen atoms in total. The lowest BCUT2D eigenvalue weighted by molar-refractivity contribution is 0.329. The SMILES string of the molecule is Cc1ccc(S(=O)(=O)NCCN(C)C2CC2)c(F)c1. The van der Waals surface area contributed by atoms with E-state index in [0.29, 0.717) is 24.7 Å². The predicted molar refractivity (Wildman–Crippen MR) is 72.0 cm³/mol. The van der Waals surface area contributed by atoms with Gasteiger partial charge in [0.25, 0.3) is 0 Å². The van der Waals surface area contributed by atoms with Crippen LogP contribution in [0, 0.1) is 12.7 Å². The molecule has 1 aliphatic carbocycles. The minimum absolute atomic E-state index is 0.285. The lowest BCUT2D eigenvalue weighted by Gasteiger charge is -2.16. The van der Waals surface area contributed by atoms with Gasteiger partial charge in [-0.2, -0.15) is 0 Å². The van der Waals surface area contributed by atoms with Crippen LogP contribution in [0.3, 0.4) is 0 Å². The van der Waals surface area contributed by atoms with Crippen LogP contribution in [0.25, 0.3) is 0 Å². The summed E-state index contributed by atoms with van der Waals surface area (Å²) in [5, 5.41) is 0. The molecule has 0 aromatic heterocycles. The van der Waals surface area contributed by atoms with E-state index in [2.05, 4.69) is 9.62 Å². The summed E-state index contributed by atoms with van der Waals surface area (Å²) >= 11 is 0. The number of rotatable bonds is 6. The first-order chi connectivity index (χ1) is 8.90. The van der Waals surface area contributed by atoms with Crippen LogP contribution in [0.5, 0.6) is 0 Å². The minimum Gasteiger partial charge on any atom is -0.302 e. The summed E-state index contributed by atoms with van der Waals surface area (Å²) in [5.74, 6) is -0.706. The molecular weight excluding hydrogens is 267 g/mol. The molecule has 1 fully saturated rings. The van der Waals surface area contributed by atoms with Crippen LogP contribution in [-0.4, -0.2) is 39.5 Å². The molecule has 1 N–H and O–H groups in total. The highest BCUT2D eigenvalue weighted by atomic mass is 32.2. The molecule has 0 unspecified atom stereocenters. The molecule has 1 saturated carbocycles. The average Bonchev–Trinajstić information content (AvgIpc) is 3.11. The second kappa shape index (κ2) is 5.56. The first-order valence-corrected chi connectivity index (χ1v) is 7.84. The number of hydrogen-bond acceptors (Lipinski definition) is 3. The Labute approximate surface area is 113 Å². The van der Waals surface area contributed by atoms with Crippen LogP contribution >= 0.6 is 0 Å². The summed E-state index contributed by atoms with van der Waals surface area (Å²) in [4.78, 5) is 1.83. The van der Waals surface area contributed by atoms with Gasteiger partial charge < -0.3 is 4.90 Å². The summed E-state index contributed by atoms with van der Waals surface area (Å²) in [6, 6.07) is 4.71. The number of hydrogen-bond donors (Lipinski definition) is 1.